The van der Waals surface area contributed by atoms with Crippen LogP contribution in [0.1, 0.15) is 23.1 Å². The highest BCUT2D eigenvalue weighted by atomic mass is 16.5. The summed E-state index contributed by atoms with van der Waals surface area (Å²) in [6.07, 6.45) is 1.80. The molecule has 2 atom stereocenters. The summed E-state index contributed by atoms with van der Waals surface area (Å²) >= 11 is 0. The van der Waals surface area contributed by atoms with Crippen molar-refractivity contribution in [3.05, 3.63) is 95.9 Å². The van der Waals surface area contributed by atoms with Crippen molar-refractivity contribution in [2.75, 3.05) is 6.61 Å². The molecule has 0 spiro atoms. The van der Waals surface area contributed by atoms with E-state index in [0.717, 1.165) is 27.9 Å². The Labute approximate surface area is 175 Å². The second-order valence-electron chi connectivity index (χ2n) is 7.52. The number of fused-ring (bicyclic) bond motifs is 2. The van der Waals surface area contributed by atoms with E-state index in [0.29, 0.717) is 31.1 Å². The number of benzene rings is 2. The van der Waals surface area contributed by atoms with Crippen molar-refractivity contribution in [3.63, 3.8) is 0 Å². The number of pyridine rings is 2. The Bertz CT molecular complexity index is 1160. The minimum atomic E-state index is -0.627. The third-order valence-electron chi connectivity index (χ3n) is 5.44. The summed E-state index contributed by atoms with van der Waals surface area (Å²) in [5.41, 5.74) is 3.51. The van der Waals surface area contributed by atoms with Gasteiger partial charge in [0.1, 0.15) is 18.1 Å². The molecule has 0 bridgehead atoms. The minimum Gasteiger partial charge on any atom is -0.493 e. The van der Waals surface area contributed by atoms with Gasteiger partial charge in [-0.1, -0.05) is 30.3 Å². The van der Waals surface area contributed by atoms with Gasteiger partial charge < -0.3 is 14.6 Å². The number of rotatable bonds is 5. The van der Waals surface area contributed by atoms with Crippen LogP contribution in [-0.2, 0) is 13.0 Å². The molecule has 4 aromatic rings. The molecule has 2 aromatic carbocycles. The fourth-order valence-corrected chi connectivity index (χ4v) is 3.82. The average Bonchev–Trinajstić information content (AvgIpc) is 2.80. The van der Waals surface area contributed by atoms with E-state index in [9.17, 15) is 5.11 Å². The zero-order valence-corrected chi connectivity index (χ0v) is 16.4. The van der Waals surface area contributed by atoms with Crippen molar-refractivity contribution in [2.45, 2.75) is 19.1 Å². The maximum Gasteiger partial charge on any atom is 0.130 e. The molecule has 5 rings (SSSR count). The zero-order valence-electron chi connectivity index (χ0n) is 16.4. The smallest absolute Gasteiger partial charge is 0.130 e. The van der Waals surface area contributed by atoms with E-state index in [1.165, 1.54) is 0 Å². The summed E-state index contributed by atoms with van der Waals surface area (Å²) in [5, 5.41) is 12.0. The summed E-state index contributed by atoms with van der Waals surface area (Å²) in [4.78, 5) is 9.01. The molecular weight excluding hydrogens is 376 g/mol. The maximum atomic E-state index is 10.9. The van der Waals surface area contributed by atoms with Gasteiger partial charge in [0, 0.05) is 28.8 Å². The Hall–Kier alpha value is -3.44. The van der Waals surface area contributed by atoms with Crippen molar-refractivity contribution in [1.29, 1.82) is 0 Å². The predicted molar refractivity (Wildman–Crippen MR) is 114 cm³/mol. The van der Waals surface area contributed by atoms with E-state index >= 15 is 0 Å². The molecule has 3 heterocycles. The molecule has 150 valence electrons. The second-order valence-corrected chi connectivity index (χ2v) is 7.52. The van der Waals surface area contributed by atoms with Gasteiger partial charge in [-0.3, -0.25) is 4.98 Å². The van der Waals surface area contributed by atoms with Crippen LogP contribution in [0.15, 0.2) is 79.0 Å². The number of para-hydroxylation sites is 1. The second kappa shape index (κ2) is 8.13. The lowest BCUT2D eigenvalue weighted by Crippen LogP contribution is -2.28. The number of aliphatic hydroxyl groups excluding tert-OH is 1. The molecule has 5 heteroatoms. The topological polar surface area (TPSA) is 64.5 Å². The first kappa shape index (κ1) is 18.6. The lowest BCUT2D eigenvalue weighted by molar-refractivity contribution is 0.0499. The summed E-state index contributed by atoms with van der Waals surface area (Å²) in [6.45, 7) is 0.823. The standard InChI is InChI=1S/C25H22N2O3/c28-25-18(13-19-6-3-4-12-26-19)15-30-24-11-10-21(14-22(24)25)29-16-20-9-8-17-5-1-2-7-23(17)27-20/h1-12,14,18,25,28H,13,15-16H2/t18-,25+/m1/s1. The molecule has 1 aliphatic rings. The quantitative estimate of drug-likeness (QED) is 0.536. The fourth-order valence-electron chi connectivity index (χ4n) is 3.82. The molecule has 0 fully saturated rings. The summed E-state index contributed by atoms with van der Waals surface area (Å²) in [6, 6.07) is 23.4. The minimum absolute atomic E-state index is 0.0511. The summed E-state index contributed by atoms with van der Waals surface area (Å²) in [7, 11) is 0. The molecule has 1 aliphatic heterocycles. The van der Waals surface area contributed by atoms with Crippen molar-refractivity contribution in [2.24, 2.45) is 5.92 Å². The van der Waals surface area contributed by atoms with E-state index in [1.807, 2.05) is 72.8 Å². The van der Waals surface area contributed by atoms with E-state index in [1.54, 1.807) is 6.20 Å². The lowest BCUT2D eigenvalue weighted by atomic mass is 9.89. The molecule has 0 saturated heterocycles. The van der Waals surface area contributed by atoms with Crippen molar-refractivity contribution < 1.29 is 14.6 Å². The Balaban J connectivity index is 1.30. The molecule has 2 aromatic heterocycles. The van der Waals surface area contributed by atoms with Crippen LogP contribution in [0, 0.1) is 5.92 Å². The van der Waals surface area contributed by atoms with Gasteiger partial charge in [0.2, 0.25) is 0 Å². The van der Waals surface area contributed by atoms with Crippen LogP contribution < -0.4 is 9.47 Å². The zero-order chi connectivity index (χ0) is 20.3. The number of hydrogen-bond donors (Lipinski definition) is 1. The number of hydrogen-bond acceptors (Lipinski definition) is 5. The van der Waals surface area contributed by atoms with Gasteiger partial charge in [-0.2, -0.15) is 0 Å². The molecule has 30 heavy (non-hydrogen) atoms. The largest absolute Gasteiger partial charge is 0.493 e. The summed E-state index contributed by atoms with van der Waals surface area (Å²) < 4.78 is 11.9. The van der Waals surface area contributed by atoms with Gasteiger partial charge in [0.25, 0.3) is 0 Å². The highest BCUT2D eigenvalue weighted by Gasteiger charge is 2.30. The Morgan fingerprint density at radius 1 is 0.967 bits per heavy atom. The number of nitrogens with zero attached hydrogens (tertiary/aromatic N) is 2. The van der Waals surface area contributed by atoms with E-state index in [4.69, 9.17) is 9.47 Å². The molecule has 0 amide bonds. The Morgan fingerprint density at radius 3 is 2.77 bits per heavy atom. The van der Waals surface area contributed by atoms with Crippen LogP contribution >= 0.6 is 0 Å². The normalized spacial score (nSPS) is 17.9. The number of ether oxygens (including phenoxy) is 2. The van der Waals surface area contributed by atoms with Gasteiger partial charge in [0.05, 0.1) is 23.9 Å². The maximum absolute atomic E-state index is 10.9. The van der Waals surface area contributed by atoms with Gasteiger partial charge in [-0.05, 0) is 48.9 Å². The van der Waals surface area contributed by atoms with E-state index in [-0.39, 0.29) is 5.92 Å². The molecule has 1 N–H and O–H groups in total. The highest BCUT2D eigenvalue weighted by molar-refractivity contribution is 5.78. The van der Waals surface area contributed by atoms with Gasteiger partial charge in [0.15, 0.2) is 0 Å². The summed E-state index contributed by atoms with van der Waals surface area (Å²) in [5.74, 6) is 1.34. The monoisotopic (exact) mass is 398 g/mol. The predicted octanol–water partition coefficient (Wildman–Crippen LogP) is 4.49. The van der Waals surface area contributed by atoms with Crippen LogP contribution in [0.3, 0.4) is 0 Å². The first-order valence-electron chi connectivity index (χ1n) is 10.1. The SMILES string of the molecule is O[C@@H]1c2cc(OCc3ccc4ccccc4n3)ccc2OC[C@H]1Cc1ccccn1. The first-order chi connectivity index (χ1) is 14.8. The van der Waals surface area contributed by atoms with Gasteiger partial charge in [-0.15, -0.1) is 0 Å². The first-order valence-corrected chi connectivity index (χ1v) is 10.1. The van der Waals surface area contributed by atoms with Crippen LogP contribution in [0.5, 0.6) is 11.5 Å². The van der Waals surface area contributed by atoms with E-state index < -0.39 is 6.10 Å². The van der Waals surface area contributed by atoms with Crippen molar-refractivity contribution in [3.8, 4) is 11.5 Å². The van der Waals surface area contributed by atoms with Gasteiger partial charge in [-0.25, -0.2) is 4.98 Å². The number of aliphatic hydroxyl groups is 1. The highest BCUT2D eigenvalue weighted by Crippen LogP contribution is 2.38. The van der Waals surface area contributed by atoms with Crippen LogP contribution in [-0.4, -0.2) is 21.7 Å². The number of aromatic nitrogens is 2. The molecule has 0 aliphatic carbocycles. The molecule has 0 radical (unpaired) electrons. The third kappa shape index (κ3) is 3.84. The molecule has 5 nitrogen and oxygen atoms in total. The van der Waals surface area contributed by atoms with Crippen LogP contribution in [0.4, 0.5) is 0 Å². The average molecular weight is 398 g/mol. The Kier molecular flexibility index (Phi) is 5.03. The lowest BCUT2D eigenvalue weighted by Gasteiger charge is -2.30. The van der Waals surface area contributed by atoms with Crippen molar-refractivity contribution in [1.82, 2.24) is 9.97 Å². The van der Waals surface area contributed by atoms with Crippen LogP contribution in [0.25, 0.3) is 10.9 Å². The molecule has 0 saturated carbocycles. The third-order valence-corrected chi connectivity index (χ3v) is 5.44. The van der Waals surface area contributed by atoms with Gasteiger partial charge >= 0.3 is 0 Å². The molecule has 0 unspecified atom stereocenters. The Morgan fingerprint density at radius 2 is 1.87 bits per heavy atom. The fraction of sp³-hybridized carbons (Fsp3) is 0.200. The van der Waals surface area contributed by atoms with E-state index in [2.05, 4.69) is 9.97 Å². The van der Waals surface area contributed by atoms with Crippen molar-refractivity contribution >= 4 is 10.9 Å². The van der Waals surface area contributed by atoms with Crippen LogP contribution in [0.2, 0.25) is 0 Å². The molecular formula is C25H22N2O3.